The van der Waals surface area contributed by atoms with Crippen molar-refractivity contribution in [3.8, 4) is 0 Å². The number of aromatic nitrogens is 1. The molecule has 0 fully saturated rings. The summed E-state index contributed by atoms with van der Waals surface area (Å²) in [6.45, 7) is 8.73. The molecule has 2 heterocycles. The summed E-state index contributed by atoms with van der Waals surface area (Å²) in [5.74, 6) is -0.677. The van der Waals surface area contributed by atoms with Gasteiger partial charge in [-0.2, -0.15) is 0 Å². The lowest BCUT2D eigenvalue weighted by molar-refractivity contribution is -0.110. The molecule has 0 radical (unpaired) electrons. The van der Waals surface area contributed by atoms with Gasteiger partial charge in [0.1, 0.15) is 12.5 Å². The highest BCUT2D eigenvalue weighted by molar-refractivity contribution is 6.35. The van der Waals surface area contributed by atoms with Gasteiger partial charge in [0.2, 0.25) is 0 Å². The minimum Gasteiger partial charge on any atom is -0.462 e. The Kier molecular flexibility index (Phi) is 6.00. The van der Waals surface area contributed by atoms with Crippen molar-refractivity contribution in [2.24, 2.45) is 0 Å². The van der Waals surface area contributed by atoms with Gasteiger partial charge in [-0.25, -0.2) is 4.79 Å². The SMILES string of the molecule is CCOC(=O)c1c(C)[nH]c(C=C2C(=O)Nc3ccc(N(C(C)O)C(C)O)cc32)c1C. The standard InChI is InChI=1S/C22H27N3O5/c1-6-30-22(29)20-11(2)19(23-12(20)3)10-17-16-9-15(25(13(4)26)14(5)27)7-8-18(16)24-21(17)28/h7-10,13-14,23,26-27H,6H2,1-5H3,(H,24,28). The van der Waals surface area contributed by atoms with Crippen LogP contribution in [0.3, 0.4) is 0 Å². The molecule has 30 heavy (non-hydrogen) atoms. The van der Waals surface area contributed by atoms with Crippen LogP contribution in [-0.4, -0.2) is 46.1 Å². The van der Waals surface area contributed by atoms with Crippen LogP contribution in [0.2, 0.25) is 0 Å². The average molecular weight is 413 g/mol. The minimum atomic E-state index is -0.916. The number of fused-ring (bicyclic) bond motifs is 1. The number of aromatic amines is 1. The fourth-order valence-electron chi connectivity index (χ4n) is 3.80. The molecule has 1 amide bonds. The predicted octanol–water partition coefficient (Wildman–Crippen LogP) is 2.78. The van der Waals surface area contributed by atoms with Gasteiger partial charge in [0.05, 0.1) is 17.7 Å². The van der Waals surface area contributed by atoms with Crippen molar-refractivity contribution in [3.63, 3.8) is 0 Å². The van der Waals surface area contributed by atoms with Gasteiger partial charge >= 0.3 is 5.97 Å². The van der Waals surface area contributed by atoms with E-state index >= 15 is 0 Å². The van der Waals surface area contributed by atoms with Crippen LogP contribution in [0, 0.1) is 13.8 Å². The van der Waals surface area contributed by atoms with Crippen molar-refractivity contribution < 1.29 is 24.5 Å². The number of esters is 1. The monoisotopic (exact) mass is 413 g/mol. The lowest BCUT2D eigenvalue weighted by Gasteiger charge is -2.30. The summed E-state index contributed by atoms with van der Waals surface area (Å²) in [7, 11) is 0. The Hall–Kier alpha value is -3.10. The molecule has 1 aromatic carbocycles. The molecule has 0 saturated heterocycles. The number of hydrogen-bond donors (Lipinski definition) is 4. The van der Waals surface area contributed by atoms with Crippen molar-refractivity contribution in [2.75, 3.05) is 16.8 Å². The van der Waals surface area contributed by atoms with E-state index in [1.807, 2.05) is 0 Å². The normalized spacial score (nSPS) is 16.2. The van der Waals surface area contributed by atoms with E-state index in [9.17, 15) is 19.8 Å². The van der Waals surface area contributed by atoms with E-state index in [0.29, 0.717) is 45.0 Å². The van der Waals surface area contributed by atoms with Crippen LogP contribution in [0.5, 0.6) is 0 Å². The summed E-state index contributed by atoms with van der Waals surface area (Å²) in [6, 6.07) is 5.21. The van der Waals surface area contributed by atoms with Gasteiger partial charge in [-0.3, -0.25) is 4.79 Å². The van der Waals surface area contributed by atoms with E-state index in [0.717, 1.165) is 0 Å². The number of anilines is 2. The number of H-pyrrole nitrogens is 1. The smallest absolute Gasteiger partial charge is 0.340 e. The third-order valence-corrected chi connectivity index (χ3v) is 5.13. The number of carbonyl (C=O) groups is 2. The summed E-state index contributed by atoms with van der Waals surface area (Å²) in [5, 5.41) is 22.9. The average Bonchev–Trinajstić information content (AvgIpc) is 3.11. The molecule has 0 saturated carbocycles. The van der Waals surface area contributed by atoms with Gasteiger partial charge in [-0.05, 0) is 64.5 Å². The Labute approximate surface area is 175 Å². The molecule has 160 valence electrons. The van der Waals surface area contributed by atoms with E-state index in [-0.39, 0.29) is 12.5 Å². The molecule has 8 nitrogen and oxygen atoms in total. The number of aryl methyl sites for hydroxylation is 1. The Balaban J connectivity index is 2.07. The zero-order chi connectivity index (χ0) is 22.2. The Morgan fingerprint density at radius 1 is 1.23 bits per heavy atom. The zero-order valence-electron chi connectivity index (χ0n) is 17.7. The minimum absolute atomic E-state index is 0.271. The highest BCUT2D eigenvalue weighted by Gasteiger charge is 2.28. The number of amides is 1. The fraction of sp³-hybridized carbons (Fsp3) is 0.364. The first kappa shape index (κ1) is 21.6. The fourth-order valence-corrected chi connectivity index (χ4v) is 3.80. The summed E-state index contributed by atoms with van der Waals surface area (Å²) < 4.78 is 5.13. The van der Waals surface area contributed by atoms with Crippen LogP contribution in [0.25, 0.3) is 11.6 Å². The molecule has 1 aromatic heterocycles. The number of nitrogens with zero attached hydrogens (tertiary/aromatic N) is 1. The maximum absolute atomic E-state index is 12.6. The molecule has 0 bridgehead atoms. The number of carbonyl (C=O) groups excluding carboxylic acids is 2. The molecule has 3 rings (SSSR count). The highest BCUT2D eigenvalue weighted by atomic mass is 16.5. The van der Waals surface area contributed by atoms with E-state index in [4.69, 9.17) is 4.74 Å². The van der Waals surface area contributed by atoms with Crippen LogP contribution < -0.4 is 10.2 Å². The molecular formula is C22H27N3O5. The van der Waals surface area contributed by atoms with Gasteiger partial charge in [0, 0.05) is 28.3 Å². The Bertz CT molecular complexity index is 1010. The van der Waals surface area contributed by atoms with Crippen molar-refractivity contribution >= 4 is 34.9 Å². The zero-order valence-corrected chi connectivity index (χ0v) is 17.7. The quantitative estimate of drug-likeness (QED) is 0.329. The summed E-state index contributed by atoms with van der Waals surface area (Å²) in [6.07, 6.45) is -0.132. The number of aliphatic hydroxyl groups is 2. The van der Waals surface area contributed by atoms with Crippen LogP contribution >= 0.6 is 0 Å². The molecule has 0 aliphatic carbocycles. The maximum Gasteiger partial charge on any atom is 0.340 e. The van der Waals surface area contributed by atoms with Crippen LogP contribution in [0.15, 0.2) is 18.2 Å². The van der Waals surface area contributed by atoms with E-state index in [2.05, 4.69) is 10.3 Å². The molecule has 4 N–H and O–H groups in total. The van der Waals surface area contributed by atoms with Gasteiger partial charge in [0.15, 0.2) is 0 Å². The predicted molar refractivity (Wildman–Crippen MR) is 115 cm³/mol. The molecule has 8 heteroatoms. The third-order valence-electron chi connectivity index (χ3n) is 5.13. The lowest BCUT2D eigenvalue weighted by atomic mass is 10.0. The molecule has 0 spiro atoms. The molecule has 2 atom stereocenters. The van der Waals surface area contributed by atoms with Crippen LogP contribution in [-0.2, 0) is 9.53 Å². The summed E-state index contributed by atoms with van der Waals surface area (Å²) in [4.78, 5) is 29.5. The second-order valence-corrected chi connectivity index (χ2v) is 7.30. The van der Waals surface area contributed by atoms with Crippen LogP contribution in [0.1, 0.15) is 53.6 Å². The van der Waals surface area contributed by atoms with Gasteiger partial charge < -0.3 is 30.2 Å². The third kappa shape index (κ3) is 3.83. The number of ether oxygens (including phenoxy) is 1. The number of hydrogen-bond acceptors (Lipinski definition) is 6. The van der Waals surface area contributed by atoms with E-state index in [1.165, 1.54) is 4.90 Å². The number of aliphatic hydroxyl groups excluding tert-OH is 2. The number of rotatable bonds is 6. The Morgan fingerprint density at radius 3 is 2.50 bits per heavy atom. The second-order valence-electron chi connectivity index (χ2n) is 7.30. The second kappa shape index (κ2) is 8.33. The van der Waals surface area contributed by atoms with Crippen molar-refractivity contribution in [2.45, 2.75) is 47.1 Å². The first-order valence-electron chi connectivity index (χ1n) is 9.83. The highest BCUT2D eigenvalue weighted by Crippen LogP contribution is 2.37. The molecule has 1 aliphatic rings. The lowest BCUT2D eigenvalue weighted by Crippen LogP contribution is -2.40. The molecule has 2 aromatic rings. The molecule has 2 unspecified atom stereocenters. The van der Waals surface area contributed by atoms with Crippen molar-refractivity contribution in [3.05, 3.63) is 46.3 Å². The number of nitrogens with one attached hydrogen (secondary N) is 2. The summed E-state index contributed by atoms with van der Waals surface area (Å²) >= 11 is 0. The largest absolute Gasteiger partial charge is 0.462 e. The van der Waals surface area contributed by atoms with Gasteiger partial charge in [-0.1, -0.05) is 0 Å². The van der Waals surface area contributed by atoms with Crippen molar-refractivity contribution in [1.82, 2.24) is 4.98 Å². The van der Waals surface area contributed by atoms with E-state index in [1.54, 1.807) is 58.9 Å². The summed E-state index contributed by atoms with van der Waals surface area (Å²) in [5.41, 5.74) is 4.75. The molecule has 1 aliphatic heterocycles. The van der Waals surface area contributed by atoms with Crippen LogP contribution in [0.4, 0.5) is 11.4 Å². The Morgan fingerprint density at radius 2 is 1.90 bits per heavy atom. The van der Waals surface area contributed by atoms with E-state index < -0.39 is 18.4 Å². The van der Waals surface area contributed by atoms with Gasteiger partial charge in [0.25, 0.3) is 5.91 Å². The number of benzene rings is 1. The first-order chi connectivity index (χ1) is 14.1. The first-order valence-corrected chi connectivity index (χ1v) is 9.83. The molecular weight excluding hydrogens is 386 g/mol. The maximum atomic E-state index is 12.6. The van der Waals surface area contributed by atoms with Gasteiger partial charge in [-0.15, -0.1) is 0 Å². The topological polar surface area (TPSA) is 115 Å². The van der Waals surface area contributed by atoms with Crippen molar-refractivity contribution in [1.29, 1.82) is 0 Å².